The molecule has 0 bridgehead atoms. The molecule has 1 N–H and O–H groups in total. The number of nitrogens with zero attached hydrogens (tertiary/aromatic N) is 2. The van der Waals surface area contributed by atoms with Crippen molar-refractivity contribution >= 4 is 22.8 Å². The molecule has 0 saturated carbocycles. The quantitative estimate of drug-likeness (QED) is 0.325. The average Bonchev–Trinajstić information content (AvgIpc) is 2.96. The van der Waals surface area contributed by atoms with Crippen LogP contribution in [0.15, 0.2) is 48.2 Å². The predicted molar refractivity (Wildman–Crippen MR) is 103 cm³/mol. The van der Waals surface area contributed by atoms with Gasteiger partial charge >= 0.3 is 0 Å². The number of carbonyl (C=O) groups excluding carboxylic acids is 1. The summed E-state index contributed by atoms with van der Waals surface area (Å²) in [6.07, 6.45) is 1.17. The van der Waals surface area contributed by atoms with Crippen LogP contribution in [0.3, 0.4) is 0 Å². The maximum atomic E-state index is 10.0. The summed E-state index contributed by atoms with van der Waals surface area (Å²) in [5, 5.41) is 8.36. The first-order valence-corrected chi connectivity index (χ1v) is 8.50. The van der Waals surface area contributed by atoms with E-state index in [2.05, 4.69) is 42.4 Å². The Bertz CT molecular complexity index is 860. The van der Waals surface area contributed by atoms with Crippen LogP contribution in [0.4, 0.5) is 17.1 Å². The monoisotopic (exact) mass is 543 g/mol. The first-order chi connectivity index (χ1) is 12.4. The molecule has 0 atom stereocenters. The van der Waals surface area contributed by atoms with Gasteiger partial charge < -0.3 is 19.6 Å². The second-order valence-corrected chi connectivity index (χ2v) is 6.49. The molecular formula is C21H22IrN2O3-2. The van der Waals surface area contributed by atoms with Crippen LogP contribution in [-0.2, 0) is 24.9 Å². The van der Waals surface area contributed by atoms with E-state index in [1.807, 2.05) is 30.3 Å². The van der Waals surface area contributed by atoms with Gasteiger partial charge in [0.2, 0.25) is 0 Å². The summed E-state index contributed by atoms with van der Waals surface area (Å²) in [6, 6.07) is 15.7. The zero-order chi connectivity index (χ0) is 18.8. The number of ketones is 1. The molecule has 2 aromatic carbocycles. The van der Waals surface area contributed by atoms with Crippen LogP contribution < -0.4 is 14.5 Å². The fraction of sp³-hybridized carbons (Fsp3) is 0.238. The number of carbonyl (C=O) groups is 1. The molecule has 2 aromatic rings. The van der Waals surface area contributed by atoms with Gasteiger partial charge in [-0.05, 0) is 45.9 Å². The Balaban J connectivity index is 0.000000285. The Morgan fingerprint density at radius 2 is 1.93 bits per heavy atom. The number of allylic oxidation sites excluding steroid dienone is 2. The molecule has 2 heterocycles. The zero-order valence-electron chi connectivity index (χ0n) is 15.7. The van der Waals surface area contributed by atoms with Gasteiger partial charge in [0.25, 0.3) is 0 Å². The van der Waals surface area contributed by atoms with E-state index in [4.69, 9.17) is 9.84 Å². The van der Waals surface area contributed by atoms with Crippen LogP contribution in [0.1, 0.15) is 27.7 Å². The number of hydrogen-bond acceptors (Lipinski definition) is 5. The Morgan fingerprint density at radius 3 is 2.52 bits per heavy atom. The topological polar surface area (TPSA) is 53.0 Å². The summed E-state index contributed by atoms with van der Waals surface area (Å²) < 4.78 is 5.98. The van der Waals surface area contributed by atoms with Crippen molar-refractivity contribution in [3.05, 3.63) is 61.0 Å². The third-order valence-electron chi connectivity index (χ3n) is 3.96. The number of anilines is 3. The van der Waals surface area contributed by atoms with Gasteiger partial charge in [-0.25, -0.2) is 0 Å². The van der Waals surface area contributed by atoms with Crippen molar-refractivity contribution in [2.24, 2.45) is 0 Å². The number of benzene rings is 2. The van der Waals surface area contributed by atoms with E-state index in [0.717, 1.165) is 22.9 Å². The Hall–Kier alpha value is -2.30. The van der Waals surface area contributed by atoms with E-state index >= 15 is 0 Å². The molecule has 6 heteroatoms. The summed E-state index contributed by atoms with van der Waals surface area (Å²) >= 11 is 0. The summed E-state index contributed by atoms with van der Waals surface area (Å²) in [4.78, 5) is 14.4. The summed E-state index contributed by atoms with van der Waals surface area (Å²) in [6.45, 7) is 9.35. The average molecular weight is 543 g/mol. The fourth-order valence-electron chi connectivity index (χ4n) is 2.96. The van der Waals surface area contributed by atoms with Crippen LogP contribution in [0.2, 0.25) is 0 Å². The summed E-state index contributed by atoms with van der Waals surface area (Å²) in [7, 11) is 0. The van der Waals surface area contributed by atoms with Crippen molar-refractivity contribution in [2.45, 2.75) is 33.7 Å². The third-order valence-corrected chi connectivity index (χ3v) is 3.96. The Morgan fingerprint density at radius 1 is 1.22 bits per heavy atom. The minimum absolute atomic E-state index is 0. The van der Waals surface area contributed by atoms with Gasteiger partial charge in [-0.3, -0.25) is 4.79 Å². The van der Waals surface area contributed by atoms with Crippen LogP contribution in [0.5, 0.6) is 11.5 Å². The number of hydrogen-bond donors (Lipinski definition) is 1. The molecule has 0 amide bonds. The molecule has 2 aliphatic heterocycles. The maximum absolute atomic E-state index is 10.0. The molecule has 0 saturated heterocycles. The minimum Gasteiger partial charge on any atom is -0.513 e. The number of aliphatic hydroxyl groups is 1. The normalized spacial score (nSPS) is 13.7. The van der Waals surface area contributed by atoms with Gasteiger partial charge in [-0.2, -0.15) is 24.9 Å². The molecule has 4 rings (SSSR count). The molecule has 0 unspecified atom stereocenters. The van der Waals surface area contributed by atoms with E-state index in [1.54, 1.807) is 0 Å². The predicted octanol–water partition coefficient (Wildman–Crippen LogP) is 5.11. The number of aliphatic hydroxyl groups excluding tert-OH is 1. The van der Waals surface area contributed by atoms with Crippen molar-refractivity contribution in [2.75, 3.05) is 9.80 Å². The number of para-hydroxylation sites is 2. The minimum atomic E-state index is -0.125. The molecular weight excluding hydrogens is 520 g/mol. The second kappa shape index (κ2) is 8.59. The molecule has 0 aliphatic carbocycles. The molecule has 0 fully saturated rings. The molecule has 145 valence electrons. The van der Waals surface area contributed by atoms with E-state index in [0.29, 0.717) is 6.04 Å². The first kappa shape index (κ1) is 21.0. The molecule has 0 spiro atoms. The van der Waals surface area contributed by atoms with E-state index in [9.17, 15) is 4.79 Å². The van der Waals surface area contributed by atoms with Gasteiger partial charge in [0, 0.05) is 37.6 Å². The fourth-order valence-corrected chi connectivity index (χ4v) is 2.96. The maximum Gasteiger partial charge on any atom is 0.155 e. The number of fused-ring (bicyclic) bond motifs is 2. The van der Waals surface area contributed by atoms with Crippen molar-refractivity contribution in [1.82, 2.24) is 0 Å². The Labute approximate surface area is 173 Å². The van der Waals surface area contributed by atoms with E-state index < -0.39 is 0 Å². The largest absolute Gasteiger partial charge is 0.513 e. The van der Waals surface area contributed by atoms with Crippen LogP contribution in [0.25, 0.3) is 0 Å². The third kappa shape index (κ3) is 4.34. The molecule has 5 nitrogen and oxygen atoms in total. The van der Waals surface area contributed by atoms with Crippen LogP contribution in [0, 0.1) is 12.7 Å². The molecule has 1 radical (unpaired) electrons. The summed E-state index contributed by atoms with van der Waals surface area (Å²) in [5.41, 5.74) is 3.28. The number of ether oxygens (including phenoxy) is 1. The Kier molecular flexibility index (Phi) is 6.68. The molecule has 27 heavy (non-hydrogen) atoms. The van der Waals surface area contributed by atoms with Gasteiger partial charge in [0.1, 0.15) is 5.75 Å². The van der Waals surface area contributed by atoms with Gasteiger partial charge in [-0.1, -0.05) is 11.8 Å². The standard InChI is InChI=1S/C16H14N2O.C5H8O2.Ir/c1-11(2)17-10-18-12-6-3-4-8-14(12)19-15-9-5-7-13(17)16(15)18;1-4(6)3-5(2)7;/h3-5,7-11H,1-2H3;3,6H,1-2H3;/q-2;;/b;4-3-;. The van der Waals surface area contributed by atoms with Crippen LogP contribution in [-0.4, -0.2) is 16.9 Å². The van der Waals surface area contributed by atoms with Crippen molar-refractivity contribution in [3.63, 3.8) is 0 Å². The van der Waals surface area contributed by atoms with E-state index in [-0.39, 0.29) is 31.6 Å². The first-order valence-electron chi connectivity index (χ1n) is 8.50. The van der Waals surface area contributed by atoms with Crippen molar-refractivity contribution < 1.29 is 34.7 Å². The molecule has 2 aliphatic rings. The molecule has 0 aromatic heterocycles. The van der Waals surface area contributed by atoms with Crippen molar-refractivity contribution in [1.29, 1.82) is 0 Å². The van der Waals surface area contributed by atoms with Crippen LogP contribution >= 0.6 is 0 Å². The second-order valence-electron chi connectivity index (χ2n) is 6.49. The smallest absolute Gasteiger partial charge is 0.155 e. The van der Waals surface area contributed by atoms with Gasteiger partial charge in [0.15, 0.2) is 5.78 Å². The van der Waals surface area contributed by atoms with Gasteiger partial charge in [0.05, 0.1) is 11.4 Å². The van der Waals surface area contributed by atoms with Crippen molar-refractivity contribution in [3.8, 4) is 11.5 Å². The van der Waals surface area contributed by atoms with E-state index in [1.165, 1.54) is 25.6 Å². The zero-order valence-corrected chi connectivity index (χ0v) is 18.1. The SMILES string of the molecule is CC(=O)/C=C(/C)O.CC(C)N1[CH-]N2c3[c-]cccc3Oc3cccc1c32.[Ir]. The van der Waals surface area contributed by atoms with Gasteiger partial charge in [-0.15, -0.1) is 6.07 Å². The summed E-state index contributed by atoms with van der Waals surface area (Å²) in [5.74, 6) is 1.70. The number of rotatable bonds is 2.